The van der Waals surface area contributed by atoms with Crippen LogP contribution < -0.4 is 0 Å². The number of aliphatic imine (C=N–C) groups is 1. The highest BCUT2D eigenvalue weighted by Gasteiger charge is 2.65. The summed E-state index contributed by atoms with van der Waals surface area (Å²) < 4.78 is 11.1. The number of carbonyl (C=O) groups excluding carboxylic acids is 1. The van der Waals surface area contributed by atoms with Crippen molar-refractivity contribution in [2.24, 2.45) is 33.6 Å². The van der Waals surface area contributed by atoms with Crippen LogP contribution in [0.2, 0.25) is 0 Å². The molecule has 6 atom stereocenters. The number of methoxy groups -OCH3 is 1. The van der Waals surface area contributed by atoms with E-state index in [4.69, 9.17) is 14.1 Å². The summed E-state index contributed by atoms with van der Waals surface area (Å²) in [4.78, 5) is 17.6. The Bertz CT molecular complexity index is 737. The van der Waals surface area contributed by atoms with Crippen molar-refractivity contribution in [1.82, 2.24) is 0 Å². The molecule has 4 nitrogen and oxygen atoms in total. The van der Waals surface area contributed by atoms with Crippen LogP contribution in [-0.4, -0.2) is 25.8 Å². The minimum absolute atomic E-state index is 0.0639. The maximum Gasteiger partial charge on any atom is 0.317 e. The Morgan fingerprint density at radius 2 is 2.24 bits per heavy atom. The summed E-state index contributed by atoms with van der Waals surface area (Å²) in [7, 11) is 1.53. The van der Waals surface area contributed by atoms with E-state index < -0.39 is 5.41 Å². The monoisotopic (exact) mass is 341 g/mol. The molecule has 2 fully saturated rings. The molecule has 0 aromatic carbocycles. The second-order valence-electron chi connectivity index (χ2n) is 8.78. The number of fused-ring (bicyclic) bond motifs is 2. The summed E-state index contributed by atoms with van der Waals surface area (Å²) >= 11 is 0. The maximum atomic E-state index is 12.8. The van der Waals surface area contributed by atoms with Crippen molar-refractivity contribution in [1.29, 1.82) is 0 Å². The van der Waals surface area contributed by atoms with Gasteiger partial charge in [0.1, 0.15) is 11.2 Å². The molecular weight excluding hydrogens is 314 g/mol. The zero-order valence-corrected chi connectivity index (χ0v) is 15.2. The van der Waals surface area contributed by atoms with Gasteiger partial charge < -0.3 is 9.15 Å². The average molecular weight is 341 g/mol. The number of carbonyl (C=O) groups is 1. The highest BCUT2D eigenvalue weighted by Crippen LogP contribution is 2.66. The lowest BCUT2D eigenvalue weighted by Crippen LogP contribution is -2.62. The number of ether oxygens (including phenoxy) is 1. The SMILES string of the molecule is COC(=O)C12C=NCC3(CCC1)C1Cc4occc4C(C)C1CCC23. The molecule has 0 saturated heterocycles. The molecule has 0 radical (unpaired) electrons. The van der Waals surface area contributed by atoms with Crippen LogP contribution in [0.25, 0.3) is 0 Å². The maximum absolute atomic E-state index is 12.8. The summed E-state index contributed by atoms with van der Waals surface area (Å²) in [6, 6.07) is 2.17. The topological polar surface area (TPSA) is 51.8 Å². The van der Waals surface area contributed by atoms with Gasteiger partial charge in [0.2, 0.25) is 0 Å². The molecule has 2 heterocycles. The van der Waals surface area contributed by atoms with Crippen LogP contribution >= 0.6 is 0 Å². The van der Waals surface area contributed by atoms with Crippen molar-refractivity contribution in [2.45, 2.75) is 51.4 Å². The molecule has 0 spiro atoms. The van der Waals surface area contributed by atoms with Crippen LogP contribution in [0.5, 0.6) is 0 Å². The van der Waals surface area contributed by atoms with E-state index in [1.54, 1.807) is 0 Å². The van der Waals surface area contributed by atoms with Gasteiger partial charge in [-0.1, -0.05) is 13.3 Å². The fraction of sp³-hybridized carbons (Fsp3) is 0.714. The number of rotatable bonds is 1. The van der Waals surface area contributed by atoms with E-state index in [2.05, 4.69) is 13.0 Å². The van der Waals surface area contributed by atoms with Crippen LogP contribution in [0.3, 0.4) is 0 Å². The summed E-state index contributed by atoms with van der Waals surface area (Å²) in [5.74, 6) is 3.29. The van der Waals surface area contributed by atoms with E-state index in [0.29, 0.717) is 23.7 Å². The molecule has 1 aromatic rings. The predicted molar refractivity (Wildman–Crippen MR) is 94.6 cm³/mol. The van der Waals surface area contributed by atoms with Crippen molar-refractivity contribution in [3.8, 4) is 0 Å². The van der Waals surface area contributed by atoms with E-state index in [0.717, 1.165) is 32.2 Å². The zero-order valence-electron chi connectivity index (χ0n) is 15.2. The van der Waals surface area contributed by atoms with E-state index in [1.807, 2.05) is 12.5 Å². The molecule has 25 heavy (non-hydrogen) atoms. The first-order valence-electron chi connectivity index (χ1n) is 9.78. The molecule has 3 aliphatic carbocycles. The molecule has 6 unspecified atom stereocenters. The minimum Gasteiger partial charge on any atom is -0.469 e. The van der Waals surface area contributed by atoms with E-state index in [1.165, 1.54) is 31.3 Å². The van der Waals surface area contributed by atoms with E-state index in [-0.39, 0.29) is 11.4 Å². The van der Waals surface area contributed by atoms with E-state index in [9.17, 15) is 4.79 Å². The van der Waals surface area contributed by atoms with Gasteiger partial charge in [-0.2, -0.15) is 0 Å². The molecular formula is C21H27NO3. The molecule has 5 rings (SSSR count). The number of furan rings is 1. The Balaban J connectivity index is 1.61. The van der Waals surface area contributed by atoms with Crippen LogP contribution in [-0.2, 0) is 16.0 Å². The van der Waals surface area contributed by atoms with Gasteiger partial charge >= 0.3 is 5.97 Å². The van der Waals surface area contributed by atoms with Crippen molar-refractivity contribution in [3.05, 3.63) is 23.7 Å². The molecule has 0 N–H and O–H groups in total. The second-order valence-corrected chi connectivity index (χ2v) is 8.78. The van der Waals surface area contributed by atoms with Crippen molar-refractivity contribution in [2.75, 3.05) is 13.7 Å². The lowest BCUT2D eigenvalue weighted by molar-refractivity contribution is -0.168. The third-order valence-corrected chi connectivity index (χ3v) is 8.18. The quantitative estimate of drug-likeness (QED) is 0.726. The normalized spacial score (nSPS) is 44.4. The highest BCUT2D eigenvalue weighted by atomic mass is 16.5. The van der Waals surface area contributed by atoms with Crippen molar-refractivity contribution < 1.29 is 13.9 Å². The molecule has 0 amide bonds. The van der Waals surface area contributed by atoms with Gasteiger partial charge in [0.15, 0.2) is 0 Å². The average Bonchev–Trinajstić information content (AvgIpc) is 3.09. The summed E-state index contributed by atoms with van der Waals surface area (Å²) in [5, 5.41) is 0. The van der Waals surface area contributed by atoms with E-state index >= 15 is 0 Å². The zero-order chi connectivity index (χ0) is 17.2. The van der Waals surface area contributed by atoms with Crippen LogP contribution in [0, 0.1) is 28.6 Å². The molecule has 1 aromatic heterocycles. The highest BCUT2D eigenvalue weighted by molar-refractivity contribution is 5.96. The Labute approximate surface area is 149 Å². The van der Waals surface area contributed by atoms with Crippen molar-refractivity contribution in [3.63, 3.8) is 0 Å². The molecule has 4 heteroatoms. The summed E-state index contributed by atoms with van der Waals surface area (Å²) in [6.07, 6.45) is 10.3. The van der Waals surface area contributed by atoms with Crippen LogP contribution in [0.1, 0.15) is 56.3 Å². The standard InChI is InChI=1S/C21H27NO3/c1-13-14-4-5-18-20(16(14)10-17-15(13)6-9-25-17)7-3-8-21(18,12-22-11-20)19(23)24-2/h6,9,12-14,16,18H,3-5,7-8,10-11H2,1-2H3. The molecule has 2 saturated carbocycles. The first kappa shape index (κ1) is 15.7. The number of hydrogen-bond donors (Lipinski definition) is 0. The first-order valence-corrected chi connectivity index (χ1v) is 9.78. The molecule has 134 valence electrons. The summed E-state index contributed by atoms with van der Waals surface area (Å²) in [5.41, 5.74) is 1.07. The third-order valence-electron chi connectivity index (χ3n) is 8.18. The number of esters is 1. The van der Waals surface area contributed by atoms with Gasteiger partial charge in [-0.3, -0.25) is 9.79 Å². The Morgan fingerprint density at radius 1 is 1.36 bits per heavy atom. The lowest BCUT2D eigenvalue weighted by Gasteiger charge is -2.63. The minimum atomic E-state index is -0.483. The smallest absolute Gasteiger partial charge is 0.317 e. The van der Waals surface area contributed by atoms with Gasteiger partial charge in [0.25, 0.3) is 0 Å². The number of nitrogens with zero attached hydrogens (tertiary/aromatic N) is 1. The Morgan fingerprint density at radius 3 is 3.08 bits per heavy atom. The third kappa shape index (κ3) is 1.83. The Hall–Kier alpha value is -1.58. The molecule has 2 bridgehead atoms. The predicted octanol–water partition coefficient (Wildman–Crippen LogP) is 4.00. The molecule has 1 aliphatic heterocycles. The summed E-state index contributed by atoms with van der Waals surface area (Å²) in [6.45, 7) is 3.24. The lowest BCUT2D eigenvalue weighted by atomic mass is 9.42. The van der Waals surface area contributed by atoms with Gasteiger partial charge in [0, 0.05) is 19.2 Å². The number of hydrogen-bond acceptors (Lipinski definition) is 4. The second kappa shape index (κ2) is 5.21. The van der Waals surface area contributed by atoms with Crippen molar-refractivity contribution >= 4 is 12.2 Å². The van der Waals surface area contributed by atoms with Gasteiger partial charge in [0.05, 0.1) is 13.4 Å². The Kier molecular flexibility index (Phi) is 3.27. The van der Waals surface area contributed by atoms with Gasteiger partial charge in [-0.15, -0.1) is 0 Å². The van der Waals surface area contributed by atoms with Gasteiger partial charge in [-0.05, 0) is 66.4 Å². The fourth-order valence-corrected chi connectivity index (χ4v) is 7.18. The van der Waals surface area contributed by atoms with Crippen LogP contribution in [0.15, 0.2) is 21.7 Å². The van der Waals surface area contributed by atoms with Gasteiger partial charge in [-0.25, -0.2) is 0 Å². The fourth-order valence-electron chi connectivity index (χ4n) is 7.18. The molecule has 4 aliphatic rings. The first-order chi connectivity index (χ1) is 12.1. The van der Waals surface area contributed by atoms with Crippen LogP contribution in [0.4, 0.5) is 0 Å². The largest absolute Gasteiger partial charge is 0.469 e.